The van der Waals surface area contributed by atoms with E-state index in [1.807, 2.05) is 39.0 Å². The monoisotopic (exact) mass is 538 g/mol. The normalized spacial score (nSPS) is 16.5. The molecule has 212 valence electrons. The molecule has 3 aromatic rings. The Bertz CT molecular complexity index is 1310. The average Bonchev–Trinajstić information content (AvgIpc) is 3.60. The fourth-order valence-corrected chi connectivity index (χ4v) is 5.03. The first-order chi connectivity index (χ1) is 18.1. The molecule has 9 heteroatoms. The SMILES string of the molecule is CC(C)(CC#N)c1cc(CC(C)(C)c2cc(CC(C)(C)c3cc(CC(C)(C)C4(C)OCCO4)no3)no2)no1. The molecule has 0 saturated carbocycles. The second-order valence-corrected chi connectivity index (χ2v) is 13.6. The van der Waals surface area contributed by atoms with Gasteiger partial charge in [0.15, 0.2) is 5.79 Å². The van der Waals surface area contributed by atoms with Gasteiger partial charge in [-0.25, -0.2) is 0 Å². The lowest BCUT2D eigenvalue weighted by molar-refractivity contribution is -0.214. The average molecular weight is 539 g/mol. The lowest BCUT2D eigenvalue weighted by atomic mass is 9.79. The van der Waals surface area contributed by atoms with Gasteiger partial charge in [0.05, 0.1) is 36.4 Å². The Kier molecular flexibility index (Phi) is 7.61. The van der Waals surface area contributed by atoms with Gasteiger partial charge in [-0.15, -0.1) is 0 Å². The summed E-state index contributed by atoms with van der Waals surface area (Å²) < 4.78 is 29.0. The summed E-state index contributed by atoms with van der Waals surface area (Å²) in [6, 6.07) is 8.19. The summed E-state index contributed by atoms with van der Waals surface area (Å²) in [5.41, 5.74) is 1.18. The van der Waals surface area contributed by atoms with Crippen LogP contribution in [0.25, 0.3) is 0 Å². The fraction of sp³-hybridized carbons (Fsp3) is 0.667. The molecule has 0 aromatic carbocycles. The van der Waals surface area contributed by atoms with Gasteiger partial charge in [0.2, 0.25) is 0 Å². The van der Waals surface area contributed by atoms with E-state index in [4.69, 9.17) is 28.3 Å². The highest BCUT2D eigenvalue weighted by atomic mass is 16.7. The van der Waals surface area contributed by atoms with Crippen LogP contribution < -0.4 is 0 Å². The maximum atomic E-state index is 9.11. The third-order valence-corrected chi connectivity index (χ3v) is 8.14. The minimum atomic E-state index is -0.647. The van der Waals surface area contributed by atoms with Crippen molar-refractivity contribution < 1.29 is 23.0 Å². The number of hydrogen-bond acceptors (Lipinski definition) is 9. The zero-order chi connectivity index (χ0) is 28.7. The second-order valence-electron chi connectivity index (χ2n) is 13.6. The van der Waals surface area contributed by atoms with Crippen molar-refractivity contribution in [2.45, 2.75) is 110 Å². The Labute approximate surface area is 231 Å². The summed E-state index contributed by atoms with van der Waals surface area (Å²) >= 11 is 0. The molecule has 0 radical (unpaired) electrons. The zero-order valence-electron chi connectivity index (χ0n) is 24.8. The fourth-order valence-electron chi connectivity index (χ4n) is 5.03. The van der Waals surface area contributed by atoms with Crippen LogP contribution in [0.4, 0.5) is 0 Å². The number of nitriles is 1. The molecule has 4 heterocycles. The largest absolute Gasteiger partial charge is 0.361 e. The summed E-state index contributed by atoms with van der Waals surface area (Å²) in [5, 5.41) is 22.1. The Morgan fingerprint density at radius 1 is 0.692 bits per heavy atom. The van der Waals surface area contributed by atoms with E-state index in [0.29, 0.717) is 44.7 Å². The van der Waals surface area contributed by atoms with Crippen LogP contribution in [-0.2, 0) is 45.0 Å². The van der Waals surface area contributed by atoms with E-state index in [9.17, 15) is 0 Å². The molecule has 0 N–H and O–H groups in total. The standard InChI is InChI=1S/C30H42N4O5/c1-26(2,10-11-31)23-14-20(32-37-23)17-27(3,4)24-15-21(33-38-24)18-28(5,6)25-16-22(34-39-25)19-29(7,8)30(9)35-12-13-36-30/h14-16H,10,12-13,17-19H2,1-9H3. The number of nitrogens with zero attached hydrogens (tertiary/aromatic N) is 4. The predicted octanol–water partition coefficient (Wildman–Crippen LogP) is 6.21. The van der Waals surface area contributed by atoms with Crippen LogP contribution in [0.3, 0.4) is 0 Å². The first kappa shape index (κ1) is 29.0. The molecular weight excluding hydrogens is 496 g/mol. The van der Waals surface area contributed by atoms with Gasteiger partial charge < -0.3 is 23.0 Å². The van der Waals surface area contributed by atoms with E-state index in [1.165, 1.54) is 0 Å². The van der Waals surface area contributed by atoms with E-state index in [-0.39, 0.29) is 21.7 Å². The second kappa shape index (κ2) is 10.2. The predicted molar refractivity (Wildman–Crippen MR) is 144 cm³/mol. The molecule has 0 spiro atoms. The van der Waals surface area contributed by atoms with Crippen molar-refractivity contribution in [1.29, 1.82) is 5.26 Å². The van der Waals surface area contributed by atoms with Gasteiger partial charge in [-0.2, -0.15) is 5.26 Å². The number of hydrogen-bond donors (Lipinski definition) is 0. The quantitative estimate of drug-likeness (QED) is 0.280. The molecule has 1 aliphatic heterocycles. The van der Waals surface area contributed by atoms with Crippen LogP contribution in [0.5, 0.6) is 0 Å². The van der Waals surface area contributed by atoms with Crippen molar-refractivity contribution in [3.63, 3.8) is 0 Å². The van der Waals surface area contributed by atoms with Crippen LogP contribution in [0.1, 0.15) is 103 Å². The molecule has 0 unspecified atom stereocenters. The number of aromatic nitrogens is 3. The summed E-state index contributed by atoms with van der Waals surface area (Å²) in [6.45, 7) is 19.8. The Morgan fingerprint density at radius 3 is 1.49 bits per heavy atom. The smallest absolute Gasteiger partial charge is 0.171 e. The first-order valence-electron chi connectivity index (χ1n) is 13.6. The number of ether oxygens (including phenoxy) is 2. The van der Waals surface area contributed by atoms with Crippen LogP contribution >= 0.6 is 0 Å². The molecule has 1 aliphatic rings. The van der Waals surface area contributed by atoms with Gasteiger partial charge in [0, 0.05) is 65.5 Å². The van der Waals surface area contributed by atoms with Gasteiger partial charge in [-0.3, -0.25) is 0 Å². The zero-order valence-corrected chi connectivity index (χ0v) is 24.8. The highest BCUT2D eigenvalue weighted by Crippen LogP contribution is 2.41. The highest BCUT2D eigenvalue weighted by molar-refractivity contribution is 5.24. The third-order valence-electron chi connectivity index (χ3n) is 8.14. The Morgan fingerprint density at radius 2 is 1.08 bits per heavy atom. The molecule has 0 aliphatic carbocycles. The van der Waals surface area contributed by atoms with Gasteiger partial charge in [0.1, 0.15) is 17.3 Å². The van der Waals surface area contributed by atoms with E-state index in [2.05, 4.69) is 63.1 Å². The van der Waals surface area contributed by atoms with Crippen LogP contribution in [0.15, 0.2) is 31.8 Å². The molecule has 9 nitrogen and oxygen atoms in total. The summed E-state index contributed by atoms with van der Waals surface area (Å²) in [6.07, 6.45) is 2.28. The van der Waals surface area contributed by atoms with Gasteiger partial charge in [0.25, 0.3) is 0 Å². The summed E-state index contributed by atoms with van der Waals surface area (Å²) in [5.74, 6) is 1.64. The van der Waals surface area contributed by atoms with Crippen molar-refractivity contribution in [2.24, 2.45) is 5.41 Å². The minimum Gasteiger partial charge on any atom is -0.361 e. The first-order valence-corrected chi connectivity index (χ1v) is 13.6. The van der Waals surface area contributed by atoms with Crippen molar-refractivity contribution in [2.75, 3.05) is 13.2 Å². The van der Waals surface area contributed by atoms with Crippen molar-refractivity contribution in [3.8, 4) is 6.07 Å². The van der Waals surface area contributed by atoms with Crippen LogP contribution in [0.2, 0.25) is 0 Å². The summed E-state index contributed by atoms with van der Waals surface area (Å²) in [7, 11) is 0. The third kappa shape index (κ3) is 6.12. The molecule has 39 heavy (non-hydrogen) atoms. The highest BCUT2D eigenvalue weighted by Gasteiger charge is 2.46. The van der Waals surface area contributed by atoms with Crippen LogP contribution in [-0.4, -0.2) is 34.5 Å². The summed E-state index contributed by atoms with van der Waals surface area (Å²) in [4.78, 5) is 0. The lowest BCUT2D eigenvalue weighted by Gasteiger charge is -2.38. The van der Waals surface area contributed by atoms with E-state index >= 15 is 0 Å². The molecule has 3 aromatic heterocycles. The van der Waals surface area contributed by atoms with Crippen LogP contribution in [0, 0.1) is 16.7 Å². The molecular formula is C30H42N4O5. The topological polar surface area (TPSA) is 120 Å². The van der Waals surface area contributed by atoms with Crippen molar-refractivity contribution >= 4 is 0 Å². The van der Waals surface area contributed by atoms with E-state index < -0.39 is 5.79 Å². The van der Waals surface area contributed by atoms with E-state index in [1.54, 1.807) is 0 Å². The van der Waals surface area contributed by atoms with Crippen molar-refractivity contribution in [3.05, 3.63) is 52.6 Å². The van der Waals surface area contributed by atoms with Gasteiger partial charge in [-0.1, -0.05) is 70.9 Å². The van der Waals surface area contributed by atoms with Crippen molar-refractivity contribution in [1.82, 2.24) is 15.5 Å². The van der Waals surface area contributed by atoms with Gasteiger partial charge in [-0.05, 0) is 6.92 Å². The maximum Gasteiger partial charge on any atom is 0.171 e. The molecule has 0 atom stereocenters. The Balaban J connectivity index is 1.42. The Hall–Kier alpha value is -2.96. The lowest BCUT2D eigenvalue weighted by Crippen LogP contribution is -2.44. The minimum absolute atomic E-state index is 0.273. The molecule has 1 fully saturated rings. The number of rotatable bonds is 11. The maximum absolute atomic E-state index is 9.11. The molecule has 1 saturated heterocycles. The van der Waals surface area contributed by atoms with E-state index in [0.717, 1.165) is 28.6 Å². The molecule has 4 rings (SSSR count). The van der Waals surface area contributed by atoms with Gasteiger partial charge >= 0.3 is 0 Å². The molecule has 0 bridgehead atoms. The molecule has 0 amide bonds.